The lowest BCUT2D eigenvalue weighted by atomic mass is 9.95. The molecule has 2 aliphatic heterocycles. The molecule has 2 aromatic rings. The Morgan fingerprint density at radius 2 is 1.68 bits per heavy atom. The Hall–Kier alpha value is -3.63. The summed E-state index contributed by atoms with van der Waals surface area (Å²) in [4.78, 5) is 51.5. The smallest absolute Gasteiger partial charge is 0.387 e. The van der Waals surface area contributed by atoms with Crippen molar-refractivity contribution in [3.8, 4) is 5.75 Å². The van der Waals surface area contributed by atoms with E-state index in [2.05, 4.69) is 14.7 Å². The highest BCUT2D eigenvalue weighted by atomic mass is 19.3. The first-order chi connectivity index (χ1) is 16.4. The fraction of sp³-hybridized carbons (Fsp3) is 0.435. The number of alkyl halides is 2. The van der Waals surface area contributed by atoms with Gasteiger partial charge in [-0.1, -0.05) is 12.1 Å². The van der Waals surface area contributed by atoms with Crippen LogP contribution >= 0.6 is 0 Å². The van der Waals surface area contributed by atoms with E-state index < -0.39 is 12.5 Å². The summed E-state index contributed by atoms with van der Waals surface area (Å²) in [6.45, 7) is -0.848. The van der Waals surface area contributed by atoms with E-state index in [1.165, 1.54) is 41.7 Å². The number of likely N-dealkylation sites (tertiary alicyclic amines) is 1. The third-order valence-electron chi connectivity index (χ3n) is 6.05. The Balaban J connectivity index is 1.35. The van der Waals surface area contributed by atoms with Crippen LogP contribution in [0, 0.1) is 5.92 Å². The van der Waals surface area contributed by atoms with E-state index in [1.54, 1.807) is 15.9 Å². The zero-order valence-electron chi connectivity index (χ0n) is 18.5. The quantitative estimate of drug-likeness (QED) is 0.659. The second-order valence-electron chi connectivity index (χ2n) is 8.17. The van der Waals surface area contributed by atoms with Gasteiger partial charge in [0, 0.05) is 51.7 Å². The fourth-order valence-corrected chi connectivity index (χ4v) is 4.34. The van der Waals surface area contributed by atoms with Gasteiger partial charge in [0.15, 0.2) is 0 Å². The zero-order valence-corrected chi connectivity index (χ0v) is 18.5. The number of ether oxygens (including phenoxy) is 1. The summed E-state index contributed by atoms with van der Waals surface area (Å²) < 4.78 is 29.9. The summed E-state index contributed by atoms with van der Waals surface area (Å²) in [5.74, 6) is -1.29. The number of nitrogens with zero attached hydrogens (tertiary/aromatic N) is 5. The predicted octanol–water partition coefficient (Wildman–Crippen LogP) is 1.91. The fourth-order valence-electron chi connectivity index (χ4n) is 4.34. The first-order valence-corrected chi connectivity index (χ1v) is 11.1. The Morgan fingerprint density at radius 3 is 2.38 bits per heavy atom. The summed E-state index contributed by atoms with van der Waals surface area (Å²) >= 11 is 0. The minimum atomic E-state index is -3.04. The highest BCUT2D eigenvalue weighted by Crippen LogP contribution is 2.26. The van der Waals surface area contributed by atoms with Gasteiger partial charge < -0.3 is 19.4 Å². The van der Waals surface area contributed by atoms with Gasteiger partial charge in [-0.05, 0) is 25.0 Å². The maximum absolute atomic E-state index is 13.2. The van der Waals surface area contributed by atoms with Crippen molar-refractivity contribution in [2.45, 2.75) is 19.5 Å². The second-order valence-corrected chi connectivity index (χ2v) is 8.17. The van der Waals surface area contributed by atoms with E-state index >= 15 is 0 Å². The van der Waals surface area contributed by atoms with E-state index in [0.717, 1.165) is 0 Å². The lowest BCUT2D eigenvalue weighted by molar-refractivity contribution is -0.138. The zero-order chi connectivity index (χ0) is 24.1. The number of piperazine rings is 1. The van der Waals surface area contributed by atoms with Crippen molar-refractivity contribution in [1.82, 2.24) is 24.7 Å². The predicted molar refractivity (Wildman–Crippen MR) is 116 cm³/mol. The Morgan fingerprint density at radius 1 is 0.941 bits per heavy atom. The standard InChI is InChI=1S/C23H25F2N5O4/c24-23(25)34-19-6-2-1-5-17(19)21(32)30-9-3-4-16(15-30)20(31)28-10-12-29(13-11-28)22(33)18-14-26-7-8-27-18/h1-2,5-8,14,16,23H,3-4,9-13,15H2. The molecule has 0 radical (unpaired) electrons. The number of carbonyl (C=O) groups excluding carboxylic acids is 3. The van der Waals surface area contributed by atoms with Gasteiger partial charge in [-0.25, -0.2) is 4.98 Å². The molecule has 34 heavy (non-hydrogen) atoms. The molecule has 1 unspecified atom stereocenters. The van der Waals surface area contributed by atoms with Gasteiger partial charge >= 0.3 is 6.61 Å². The Labute approximate surface area is 195 Å². The molecule has 3 amide bonds. The minimum absolute atomic E-state index is 0.0482. The first-order valence-electron chi connectivity index (χ1n) is 11.1. The molecule has 0 N–H and O–H groups in total. The number of benzene rings is 1. The normalized spacial score (nSPS) is 18.7. The average Bonchev–Trinajstić information content (AvgIpc) is 2.88. The summed E-state index contributed by atoms with van der Waals surface area (Å²) in [6.07, 6.45) is 5.64. The number of carbonyl (C=O) groups is 3. The number of aromatic nitrogens is 2. The van der Waals surface area contributed by atoms with Gasteiger partial charge in [0.1, 0.15) is 11.4 Å². The third-order valence-corrected chi connectivity index (χ3v) is 6.05. The molecule has 1 aromatic heterocycles. The largest absolute Gasteiger partial charge is 0.434 e. The number of hydrogen-bond acceptors (Lipinski definition) is 6. The van der Waals surface area contributed by atoms with Crippen LogP contribution in [0.1, 0.15) is 33.7 Å². The van der Waals surface area contributed by atoms with E-state index in [4.69, 9.17) is 0 Å². The first kappa shape index (κ1) is 23.5. The topological polar surface area (TPSA) is 95.9 Å². The van der Waals surface area contributed by atoms with E-state index in [0.29, 0.717) is 45.6 Å². The molecule has 2 saturated heterocycles. The molecule has 11 heteroatoms. The molecule has 0 saturated carbocycles. The molecular weight excluding hydrogens is 448 g/mol. The van der Waals surface area contributed by atoms with E-state index in [-0.39, 0.29) is 41.3 Å². The molecule has 1 aromatic carbocycles. The van der Waals surface area contributed by atoms with Gasteiger partial charge in [-0.3, -0.25) is 19.4 Å². The lowest BCUT2D eigenvalue weighted by Gasteiger charge is -2.39. The van der Waals surface area contributed by atoms with Gasteiger partial charge in [0.05, 0.1) is 17.7 Å². The molecule has 1 atom stereocenters. The van der Waals surface area contributed by atoms with Gasteiger partial charge in [0.25, 0.3) is 11.8 Å². The Bertz CT molecular complexity index is 1030. The van der Waals surface area contributed by atoms with Crippen LogP contribution < -0.4 is 4.74 Å². The van der Waals surface area contributed by atoms with Crippen molar-refractivity contribution < 1.29 is 27.9 Å². The Kier molecular flexibility index (Phi) is 7.29. The summed E-state index contributed by atoms with van der Waals surface area (Å²) in [7, 11) is 0. The van der Waals surface area contributed by atoms with Crippen molar-refractivity contribution in [2.75, 3.05) is 39.3 Å². The van der Waals surface area contributed by atoms with Crippen LogP contribution in [0.25, 0.3) is 0 Å². The molecule has 4 rings (SSSR count). The van der Waals surface area contributed by atoms with Crippen LogP contribution in [-0.2, 0) is 4.79 Å². The van der Waals surface area contributed by atoms with Gasteiger partial charge in [0.2, 0.25) is 5.91 Å². The van der Waals surface area contributed by atoms with Crippen molar-refractivity contribution >= 4 is 17.7 Å². The SMILES string of the molecule is O=C(c1cnccn1)N1CCN(C(=O)C2CCCN(C(=O)c3ccccc3OC(F)F)C2)CC1. The number of hydrogen-bond donors (Lipinski definition) is 0. The molecular formula is C23H25F2N5O4. The summed E-state index contributed by atoms with van der Waals surface area (Å²) in [5, 5.41) is 0. The highest BCUT2D eigenvalue weighted by molar-refractivity contribution is 5.97. The van der Waals surface area contributed by atoms with Crippen molar-refractivity contribution in [3.63, 3.8) is 0 Å². The minimum Gasteiger partial charge on any atom is -0.434 e. The molecule has 2 fully saturated rings. The average molecular weight is 473 g/mol. The molecule has 0 bridgehead atoms. The molecule has 0 spiro atoms. The lowest BCUT2D eigenvalue weighted by Crippen LogP contribution is -2.54. The monoisotopic (exact) mass is 473 g/mol. The molecule has 180 valence electrons. The maximum atomic E-state index is 13.2. The molecule has 3 heterocycles. The van der Waals surface area contributed by atoms with Crippen molar-refractivity contribution in [2.24, 2.45) is 5.92 Å². The number of piperidine rings is 1. The van der Waals surface area contributed by atoms with Gasteiger partial charge in [-0.15, -0.1) is 0 Å². The van der Waals surface area contributed by atoms with E-state index in [1.807, 2.05) is 0 Å². The molecule has 9 nitrogen and oxygen atoms in total. The van der Waals surface area contributed by atoms with Crippen LogP contribution in [0.15, 0.2) is 42.9 Å². The van der Waals surface area contributed by atoms with Crippen LogP contribution in [-0.4, -0.2) is 88.3 Å². The summed E-state index contributed by atoms with van der Waals surface area (Å²) in [5.41, 5.74) is 0.312. The number of para-hydroxylation sites is 1. The van der Waals surface area contributed by atoms with Crippen LogP contribution in [0.4, 0.5) is 8.78 Å². The number of rotatable bonds is 5. The van der Waals surface area contributed by atoms with Crippen LogP contribution in [0.3, 0.4) is 0 Å². The van der Waals surface area contributed by atoms with Crippen LogP contribution in [0.5, 0.6) is 5.75 Å². The third kappa shape index (κ3) is 5.29. The second kappa shape index (κ2) is 10.5. The van der Waals surface area contributed by atoms with Crippen molar-refractivity contribution in [1.29, 1.82) is 0 Å². The number of amides is 3. The van der Waals surface area contributed by atoms with Crippen LogP contribution in [0.2, 0.25) is 0 Å². The maximum Gasteiger partial charge on any atom is 0.387 e. The molecule has 2 aliphatic rings. The number of halogens is 2. The van der Waals surface area contributed by atoms with Gasteiger partial charge in [-0.2, -0.15) is 8.78 Å². The molecule has 0 aliphatic carbocycles. The summed E-state index contributed by atoms with van der Waals surface area (Å²) in [6, 6.07) is 5.87. The van der Waals surface area contributed by atoms with Crippen molar-refractivity contribution in [3.05, 3.63) is 54.1 Å². The van der Waals surface area contributed by atoms with E-state index in [9.17, 15) is 23.2 Å². The highest BCUT2D eigenvalue weighted by Gasteiger charge is 2.34.